The molecule has 3 aromatic rings. The quantitative estimate of drug-likeness (QED) is 0.466. The van der Waals surface area contributed by atoms with Crippen LogP contribution >= 0.6 is 0 Å². The van der Waals surface area contributed by atoms with Crippen LogP contribution < -0.4 is 10.9 Å². The molecule has 0 saturated carbocycles. The first kappa shape index (κ1) is 18.0. The van der Waals surface area contributed by atoms with Crippen LogP contribution in [-0.4, -0.2) is 29.5 Å². The number of nitrogens with one attached hydrogen (secondary N) is 2. The Kier molecular flexibility index (Phi) is 5.36. The lowest BCUT2D eigenvalue weighted by Crippen LogP contribution is -2.43. The number of hydrogen-bond donors (Lipinski definition) is 3. The number of amides is 2. The predicted molar refractivity (Wildman–Crippen MR) is 94.6 cm³/mol. The molecule has 2 aromatic carbocycles. The van der Waals surface area contributed by atoms with Gasteiger partial charge in [-0.25, -0.2) is 0 Å². The van der Waals surface area contributed by atoms with E-state index in [2.05, 4.69) is 10.9 Å². The van der Waals surface area contributed by atoms with Gasteiger partial charge in [-0.05, 0) is 24.3 Å². The van der Waals surface area contributed by atoms with Crippen molar-refractivity contribution in [1.29, 1.82) is 0 Å². The smallest absolute Gasteiger partial charge is 0.310 e. The van der Waals surface area contributed by atoms with Gasteiger partial charge in [0.05, 0.1) is 12.7 Å². The topological polar surface area (TPSA) is 118 Å². The molecular weight excluding hydrogens is 352 g/mol. The van der Waals surface area contributed by atoms with Gasteiger partial charge in [-0.2, -0.15) is 0 Å². The summed E-state index contributed by atoms with van der Waals surface area (Å²) >= 11 is 0. The van der Waals surface area contributed by atoms with E-state index in [1.807, 2.05) is 0 Å². The van der Waals surface area contributed by atoms with E-state index in [9.17, 15) is 19.5 Å². The Morgan fingerprint density at radius 3 is 2.59 bits per heavy atom. The molecule has 8 heteroatoms. The fourth-order valence-electron chi connectivity index (χ4n) is 2.39. The summed E-state index contributed by atoms with van der Waals surface area (Å²) in [6.07, 6.45) is 1.30. The Labute approximate surface area is 153 Å². The van der Waals surface area contributed by atoms with Crippen molar-refractivity contribution in [3.63, 3.8) is 0 Å². The maximum atomic E-state index is 11.9. The predicted octanol–water partition coefficient (Wildman–Crippen LogP) is 1.69. The zero-order valence-corrected chi connectivity index (χ0v) is 14.1. The molecular formula is C19H16N2O6. The minimum atomic E-state index is -0.672. The SMILES string of the molecule is O=C(COC(=O)Cc1coc2cc(O)ccc12)NNC(=O)c1ccccc1. The molecule has 0 aliphatic carbocycles. The standard InChI is InChI=1S/C19H16N2O6/c22-14-6-7-15-13(10-26-16(15)9-14)8-18(24)27-11-17(23)20-21-19(25)12-4-2-1-3-5-12/h1-7,9-10,22H,8,11H2,(H,20,23)(H,21,25). The molecule has 27 heavy (non-hydrogen) atoms. The van der Waals surface area contributed by atoms with Crippen molar-refractivity contribution in [3.8, 4) is 5.75 Å². The third-order valence-electron chi connectivity index (χ3n) is 3.69. The number of carbonyl (C=O) groups is 3. The number of furan rings is 1. The normalized spacial score (nSPS) is 10.4. The number of aromatic hydroxyl groups is 1. The molecule has 138 valence electrons. The molecule has 2 amide bonds. The maximum absolute atomic E-state index is 11.9. The van der Waals surface area contributed by atoms with Gasteiger partial charge in [0, 0.05) is 22.6 Å². The lowest BCUT2D eigenvalue weighted by Gasteiger charge is -2.08. The van der Waals surface area contributed by atoms with Crippen molar-refractivity contribution < 1.29 is 28.6 Å². The van der Waals surface area contributed by atoms with Crippen LogP contribution in [0.4, 0.5) is 0 Å². The van der Waals surface area contributed by atoms with Crippen molar-refractivity contribution in [1.82, 2.24) is 10.9 Å². The van der Waals surface area contributed by atoms with Crippen LogP contribution in [0.2, 0.25) is 0 Å². The second kappa shape index (κ2) is 8.05. The molecule has 8 nitrogen and oxygen atoms in total. The van der Waals surface area contributed by atoms with Gasteiger partial charge in [-0.3, -0.25) is 25.2 Å². The van der Waals surface area contributed by atoms with Crippen molar-refractivity contribution in [2.75, 3.05) is 6.61 Å². The minimum absolute atomic E-state index is 0.0557. The molecule has 0 saturated heterocycles. The van der Waals surface area contributed by atoms with Crippen LogP contribution in [0.3, 0.4) is 0 Å². The Bertz CT molecular complexity index is 980. The average molecular weight is 368 g/mol. The number of hydrazine groups is 1. The molecule has 0 atom stereocenters. The van der Waals surface area contributed by atoms with Gasteiger partial charge in [0.2, 0.25) is 0 Å². The van der Waals surface area contributed by atoms with Crippen LogP contribution in [0.5, 0.6) is 5.75 Å². The first-order chi connectivity index (χ1) is 13.0. The van der Waals surface area contributed by atoms with Crippen LogP contribution in [0.25, 0.3) is 11.0 Å². The van der Waals surface area contributed by atoms with E-state index in [1.165, 1.54) is 18.4 Å². The van der Waals surface area contributed by atoms with E-state index in [4.69, 9.17) is 9.15 Å². The van der Waals surface area contributed by atoms with Crippen LogP contribution in [0.1, 0.15) is 15.9 Å². The van der Waals surface area contributed by atoms with Gasteiger partial charge in [0.25, 0.3) is 11.8 Å². The third-order valence-corrected chi connectivity index (χ3v) is 3.69. The molecule has 0 fully saturated rings. The van der Waals surface area contributed by atoms with Gasteiger partial charge in [0.1, 0.15) is 11.3 Å². The van der Waals surface area contributed by atoms with E-state index >= 15 is 0 Å². The van der Waals surface area contributed by atoms with Crippen molar-refractivity contribution >= 4 is 28.8 Å². The van der Waals surface area contributed by atoms with Crippen LogP contribution in [0.15, 0.2) is 59.2 Å². The number of fused-ring (bicyclic) bond motifs is 1. The van der Waals surface area contributed by atoms with Crippen LogP contribution in [-0.2, 0) is 20.7 Å². The fraction of sp³-hybridized carbons (Fsp3) is 0.105. The number of esters is 1. The molecule has 0 aliphatic heterocycles. The van der Waals surface area contributed by atoms with Gasteiger partial charge < -0.3 is 14.3 Å². The average Bonchev–Trinajstić information content (AvgIpc) is 3.06. The second-order valence-corrected chi connectivity index (χ2v) is 5.65. The van der Waals surface area contributed by atoms with E-state index in [0.717, 1.165) is 0 Å². The second-order valence-electron chi connectivity index (χ2n) is 5.65. The first-order valence-corrected chi connectivity index (χ1v) is 8.02. The summed E-state index contributed by atoms with van der Waals surface area (Å²) in [7, 11) is 0. The summed E-state index contributed by atoms with van der Waals surface area (Å²) in [6.45, 7) is -0.537. The Hall–Kier alpha value is -3.81. The Morgan fingerprint density at radius 1 is 1.04 bits per heavy atom. The number of hydrogen-bond acceptors (Lipinski definition) is 6. The van der Waals surface area contributed by atoms with E-state index < -0.39 is 24.4 Å². The lowest BCUT2D eigenvalue weighted by molar-refractivity contribution is -0.148. The largest absolute Gasteiger partial charge is 0.508 e. The molecule has 0 spiro atoms. The van der Waals surface area contributed by atoms with E-state index in [0.29, 0.717) is 22.1 Å². The summed E-state index contributed by atoms with van der Waals surface area (Å²) < 4.78 is 10.2. The maximum Gasteiger partial charge on any atom is 0.310 e. The summed E-state index contributed by atoms with van der Waals surface area (Å²) in [5.41, 5.74) is 5.80. The van der Waals surface area contributed by atoms with Gasteiger partial charge >= 0.3 is 5.97 Å². The van der Waals surface area contributed by atoms with Crippen molar-refractivity contribution in [2.45, 2.75) is 6.42 Å². The van der Waals surface area contributed by atoms with E-state index in [1.54, 1.807) is 36.4 Å². The monoisotopic (exact) mass is 368 g/mol. The number of ether oxygens (including phenoxy) is 1. The molecule has 3 N–H and O–H groups in total. The first-order valence-electron chi connectivity index (χ1n) is 8.02. The molecule has 0 bridgehead atoms. The summed E-state index contributed by atoms with van der Waals surface area (Å²) in [6, 6.07) is 12.9. The molecule has 0 radical (unpaired) electrons. The Morgan fingerprint density at radius 2 is 1.81 bits per heavy atom. The highest BCUT2D eigenvalue weighted by Crippen LogP contribution is 2.25. The van der Waals surface area contributed by atoms with Gasteiger partial charge in [-0.1, -0.05) is 18.2 Å². The molecule has 0 unspecified atom stereocenters. The summed E-state index contributed by atoms with van der Waals surface area (Å²) in [5.74, 6) is -1.73. The third kappa shape index (κ3) is 4.63. The number of benzene rings is 2. The highest BCUT2D eigenvalue weighted by Gasteiger charge is 2.14. The number of phenolic OH excluding ortho intramolecular Hbond substituents is 1. The number of rotatable bonds is 5. The molecule has 3 rings (SSSR count). The summed E-state index contributed by atoms with van der Waals surface area (Å²) in [4.78, 5) is 35.4. The van der Waals surface area contributed by atoms with E-state index in [-0.39, 0.29) is 12.2 Å². The fourth-order valence-corrected chi connectivity index (χ4v) is 2.39. The Balaban J connectivity index is 1.45. The van der Waals surface area contributed by atoms with Crippen LogP contribution in [0, 0.1) is 0 Å². The number of carbonyl (C=O) groups excluding carboxylic acids is 3. The van der Waals surface area contributed by atoms with Crippen molar-refractivity contribution in [2.24, 2.45) is 0 Å². The minimum Gasteiger partial charge on any atom is -0.508 e. The molecule has 1 aromatic heterocycles. The lowest BCUT2D eigenvalue weighted by atomic mass is 10.1. The van der Waals surface area contributed by atoms with Gasteiger partial charge in [0.15, 0.2) is 6.61 Å². The van der Waals surface area contributed by atoms with Gasteiger partial charge in [-0.15, -0.1) is 0 Å². The zero-order valence-electron chi connectivity index (χ0n) is 14.1. The van der Waals surface area contributed by atoms with Crippen molar-refractivity contribution in [3.05, 3.63) is 65.9 Å². The summed E-state index contributed by atoms with van der Waals surface area (Å²) in [5, 5.41) is 10.1. The molecule has 0 aliphatic rings. The zero-order chi connectivity index (χ0) is 19.2. The highest BCUT2D eigenvalue weighted by atomic mass is 16.5. The highest BCUT2D eigenvalue weighted by molar-refractivity contribution is 5.95. The molecule has 1 heterocycles. The number of phenols is 1.